The van der Waals surface area contributed by atoms with E-state index in [0.717, 1.165) is 0 Å². The number of ether oxygens (including phenoxy) is 1. The summed E-state index contributed by atoms with van der Waals surface area (Å²) < 4.78 is 5.09. The summed E-state index contributed by atoms with van der Waals surface area (Å²) in [4.78, 5) is 16.3. The second-order valence-corrected chi connectivity index (χ2v) is 2.83. The number of hydrogen-bond acceptors (Lipinski definition) is 5. The van der Waals surface area contributed by atoms with E-state index in [-0.39, 0.29) is 24.7 Å². The second kappa shape index (κ2) is 5.52. The summed E-state index contributed by atoms with van der Waals surface area (Å²) in [5.41, 5.74) is 8.56. The van der Waals surface area contributed by atoms with Crippen molar-refractivity contribution in [3.05, 3.63) is 38.4 Å². The van der Waals surface area contributed by atoms with Gasteiger partial charge in [0.15, 0.2) is 0 Å². The minimum atomic E-state index is -0.615. The first-order valence-electron chi connectivity index (χ1n) is 4.41. The van der Waals surface area contributed by atoms with Gasteiger partial charge in [0.1, 0.15) is 5.69 Å². The van der Waals surface area contributed by atoms with E-state index >= 15 is 0 Å². The molecule has 1 aromatic rings. The highest BCUT2D eigenvalue weighted by Gasteiger charge is 2.16. The molecule has 8 nitrogen and oxygen atoms in total. The van der Waals surface area contributed by atoms with E-state index in [2.05, 4.69) is 15.0 Å². The molecule has 0 unspecified atom stereocenters. The fourth-order valence-corrected chi connectivity index (χ4v) is 1.01. The Morgan fingerprint density at radius 3 is 3.06 bits per heavy atom. The summed E-state index contributed by atoms with van der Waals surface area (Å²) in [6.07, 6.45) is 0. The van der Waals surface area contributed by atoms with Gasteiger partial charge in [-0.05, 0) is 27.6 Å². The molecule has 0 fully saturated rings. The van der Waals surface area contributed by atoms with E-state index in [1.165, 1.54) is 6.07 Å². The average molecular weight is 223 g/mol. The minimum absolute atomic E-state index is 0.0729. The van der Waals surface area contributed by atoms with Crippen LogP contribution in [0.1, 0.15) is 5.69 Å². The van der Waals surface area contributed by atoms with Gasteiger partial charge in [-0.2, -0.15) is 0 Å². The van der Waals surface area contributed by atoms with Gasteiger partial charge in [0, 0.05) is 11.8 Å². The van der Waals surface area contributed by atoms with Crippen molar-refractivity contribution < 1.29 is 9.66 Å². The lowest BCUT2D eigenvalue weighted by molar-refractivity contribution is -0.390. The lowest BCUT2D eigenvalue weighted by Crippen LogP contribution is -2.04. The molecule has 1 aromatic heterocycles. The first-order chi connectivity index (χ1) is 7.65. The maximum Gasteiger partial charge on any atom is 0.406 e. The number of pyridine rings is 1. The van der Waals surface area contributed by atoms with Gasteiger partial charge in [0.25, 0.3) is 0 Å². The smallest absolute Gasteiger partial charge is 0.406 e. The molecule has 0 aliphatic carbocycles. The highest BCUT2D eigenvalue weighted by Crippen LogP contribution is 2.24. The Morgan fingerprint density at radius 1 is 1.69 bits per heavy atom. The number of rotatable bonds is 5. The van der Waals surface area contributed by atoms with Crippen LogP contribution >= 0.6 is 0 Å². The van der Waals surface area contributed by atoms with Gasteiger partial charge in [0.05, 0.1) is 13.2 Å². The Kier molecular flexibility index (Phi) is 4.05. The van der Waals surface area contributed by atoms with Crippen LogP contribution in [0.4, 0.5) is 5.82 Å². The molecule has 0 radical (unpaired) electrons. The molecular weight excluding hydrogens is 214 g/mol. The Hall–Kier alpha value is -2.34. The molecule has 84 valence electrons. The quantitative estimate of drug-likeness (QED) is 0.189. The Balaban J connectivity index is 2.78. The highest BCUT2D eigenvalue weighted by molar-refractivity contribution is 5.40. The van der Waals surface area contributed by atoms with E-state index < -0.39 is 4.92 Å². The SMILES string of the molecule is Cc1ccc(OCCN=[N+]=[N-])c([N+](=O)[O-])n1. The Bertz CT molecular complexity index is 441. The normalized spacial score (nSPS) is 9.31. The molecule has 0 spiro atoms. The maximum atomic E-state index is 10.6. The molecule has 1 heterocycles. The fourth-order valence-electron chi connectivity index (χ4n) is 1.01. The third-order valence-corrected chi connectivity index (χ3v) is 1.66. The van der Waals surface area contributed by atoms with Crippen LogP contribution in [-0.4, -0.2) is 23.1 Å². The standard InChI is InChI=1S/C8H9N5O3/c1-6-2-3-7(8(11-6)13(14)15)16-5-4-10-12-9/h2-3H,4-5H2,1H3. The molecule has 8 heteroatoms. The summed E-state index contributed by atoms with van der Waals surface area (Å²) in [5, 5.41) is 13.9. The fraction of sp³-hybridized carbons (Fsp3) is 0.375. The number of aromatic nitrogens is 1. The van der Waals surface area contributed by atoms with Gasteiger partial charge in [-0.1, -0.05) is 5.11 Å². The van der Waals surface area contributed by atoms with Gasteiger partial charge in [0.2, 0.25) is 5.75 Å². The molecule has 16 heavy (non-hydrogen) atoms. The zero-order valence-electron chi connectivity index (χ0n) is 8.53. The number of hydrogen-bond donors (Lipinski definition) is 0. The van der Waals surface area contributed by atoms with Crippen LogP contribution in [0.2, 0.25) is 0 Å². The predicted molar refractivity (Wildman–Crippen MR) is 55.1 cm³/mol. The van der Waals surface area contributed by atoms with Crippen LogP contribution in [-0.2, 0) is 0 Å². The van der Waals surface area contributed by atoms with Gasteiger partial charge in [-0.15, -0.1) is 0 Å². The third kappa shape index (κ3) is 3.10. The molecule has 0 saturated heterocycles. The average Bonchev–Trinajstić information content (AvgIpc) is 2.26. The molecule has 0 atom stereocenters. The topological polar surface area (TPSA) is 114 Å². The van der Waals surface area contributed by atoms with Crippen molar-refractivity contribution in [1.29, 1.82) is 0 Å². The molecule has 0 saturated carbocycles. The molecule has 0 aromatic carbocycles. The van der Waals surface area contributed by atoms with Crippen LogP contribution in [0.25, 0.3) is 10.4 Å². The number of nitrogens with zero attached hydrogens (tertiary/aromatic N) is 5. The zero-order chi connectivity index (χ0) is 12.0. The second-order valence-electron chi connectivity index (χ2n) is 2.83. The summed E-state index contributed by atoms with van der Waals surface area (Å²) in [7, 11) is 0. The van der Waals surface area contributed by atoms with E-state index in [1.54, 1.807) is 13.0 Å². The zero-order valence-corrected chi connectivity index (χ0v) is 8.53. The van der Waals surface area contributed by atoms with Gasteiger partial charge in [-0.25, -0.2) is 0 Å². The number of aryl methyl sites for hydroxylation is 1. The van der Waals surface area contributed by atoms with E-state index in [4.69, 9.17) is 10.3 Å². The Morgan fingerprint density at radius 2 is 2.44 bits per heavy atom. The lowest BCUT2D eigenvalue weighted by Gasteiger charge is -2.04. The van der Waals surface area contributed by atoms with Crippen molar-refractivity contribution in [3.8, 4) is 5.75 Å². The van der Waals surface area contributed by atoms with Gasteiger partial charge in [-0.3, -0.25) is 0 Å². The summed E-state index contributed by atoms with van der Waals surface area (Å²) >= 11 is 0. The van der Waals surface area contributed by atoms with Gasteiger partial charge < -0.3 is 14.9 Å². The van der Waals surface area contributed by atoms with Crippen LogP contribution in [0.3, 0.4) is 0 Å². The van der Waals surface area contributed by atoms with Crippen molar-refractivity contribution in [2.24, 2.45) is 5.11 Å². The molecule has 0 bridgehead atoms. The van der Waals surface area contributed by atoms with Crippen molar-refractivity contribution in [1.82, 2.24) is 4.98 Å². The molecule has 1 rings (SSSR count). The number of nitro groups is 1. The summed E-state index contributed by atoms with van der Waals surface area (Å²) in [6, 6.07) is 3.08. The number of azide groups is 1. The van der Waals surface area contributed by atoms with Crippen LogP contribution in [0, 0.1) is 17.0 Å². The molecule has 0 aliphatic rings. The van der Waals surface area contributed by atoms with E-state index in [1.807, 2.05) is 0 Å². The Labute approximate surface area is 90.6 Å². The monoisotopic (exact) mass is 223 g/mol. The minimum Gasteiger partial charge on any atom is -0.486 e. The molecule has 0 amide bonds. The van der Waals surface area contributed by atoms with E-state index in [0.29, 0.717) is 5.69 Å². The van der Waals surface area contributed by atoms with E-state index in [9.17, 15) is 10.1 Å². The van der Waals surface area contributed by atoms with Crippen LogP contribution < -0.4 is 4.74 Å². The largest absolute Gasteiger partial charge is 0.486 e. The van der Waals surface area contributed by atoms with Crippen molar-refractivity contribution in [2.75, 3.05) is 13.2 Å². The molecule has 0 aliphatic heterocycles. The van der Waals surface area contributed by atoms with Crippen LogP contribution in [0.5, 0.6) is 5.75 Å². The van der Waals surface area contributed by atoms with Gasteiger partial charge >= 0.3 is 5.82 Å². The molecule has 0 N–H and O–H groups in total. The first kappa shape index (κ1) is 11.7. The predicted octanol–water partition coefficient (Wildman–Crippen LogP) is 1.99. The lowest BCUT2D eigenvalue weighted by atomic mass is 10.3. The summed E-state index contributed by atoms with van der Waals surface area (Å²) in [6.45, 7) is 1.84. The molecular formula is C8H9N5O3. The maximum absolute atomic E-state index is 10.6. The van der Waals surface area contributed by atoms with Crippen molar-refractivity contribution in [2.45, 2.75) is 6.92 Å². The highest BCUT2D eigenvalue weighted by atomic mass is 16.6. The third-order valence-electron chi connectivity index (χ3n) is 1.66. The van der Waals surface area contributed by atoms with Crippen molar-refractivity contribution >= 4 is 5.82 Å². The van der Waals surface area contributed by atoms with Crippen molar-refractivity contribution in [3.63, 3.8) is 0 Å². The first-order valence-corrected chi connectivity index (χ1v) is 4.41. The van der Waals surface area contributed by atoms with Crippen LogP contribution in [0.15, 0.2) is 17.2 Å². The summed E-state index contributed by atoms with van der Waals surface area (Å²) in [5.74, 6) is -0.260.